The number of halogens is 2. The maximum absolute atomic E-state index is 13.8. The predicted molar refractivity (Wildman–Crippen MR) is 98.1 cm³/mol. The second-order valence-electron chi connectivity index (χ2n) is 6.03. The molecule has 2 aromatic carbocycles. The number of benzene rings is 2. The van der Waals surface area contributed by atoms with Gasteiger partial charge in [-0.2, -0.15) is 11.8 Å². The molecular formula is C19H20F2N2OS. The van der Waals surface area contributed by atoms with Crippen LogP contribution in [0.5, 0.6) is 0 Å². The van der Waals surface area contributed by atoms with E-state index in [0.29, 0.717) is 5.69 Å². The zero-order valence-electron chi connectivity index (χ0n) is 14.0. The van der Waals surface area contributed by atoms with Gasteiger partial charge in [-0.3, -0.25) is 9.69 Å². The van der Waals surface area contributed by atoms with Crippen molar-refractivity contribution in [3.8, 4) is 0 Å². The van der Waals surface area contributed by atoms with Gasteiger partial charge in [-0.25, -0.2) is 8.78 Å². The molecule has 3 nitrogen and oxygen atoms in total. The minimum Gasteiger partial charge on any atom is -0.322 e. The first-order valence-electron chi connectivity index (χ1n) is 8.20. The fourth-order valence-corrected chi connectivity index (χ4v) is 3.87. The lowest BCUT2D eigenvalue weighted by Crippen LogP contribution is -2.32. The minimum atomic E-state index is -0.864. The van der Waals surface area contributed by atoms with Gasteiger partial charge >= 0.3 is 0 Å². The van der Waals surface area contributed by atoms with Gasteiger partial charge in [-0.15, -0.1) is 0 Å². The number of nitrogens with one attached hydrogen (secondary N) is 1. The van der Waals surface area contributed by atoms with Crippen molar-refractivity contribution in [2.24, 2.45) is 0 Å². The zero-order chi connectivity index (χ0) is 17.8. The lowest BCUT2D eigenvalue weighted by Gasteiger charge is -2.27. The molecule has 1 heterocycles. The Bertz CT molecular complexity index is 756. The van der Waals surface area contributed by atoms with Crippen LogP contribution in [0.1, 0.15) is 21.5 Å². The summed E-state index contributed by atoms with van der Waals surface area (Å²) < 4.78 is 27.6. The number of thioether (sulfide) groups is 1. The van der Waals surface area contributed by atoms with Crippen LogP contribution in [0, 0.1) is 18.6 Å². The van der Waals surface area contributed by atoms with Gasteiger partial charge in [0.1, 0.15) is 17.2 Å². The van der Waals surface area contributed by atoms with Crippen molar-refractivity contribution in [3.05, 3.63) is 64.7 Å². The molecule has 1 N–H and O–H groups in total. The third-order valence-corrected chi connectivity index (χ3v) is 5.32. The molecule has 0 radical (unpaired) electrons. The highest BCUT2D eigenvalue weighted by molar-refractivity contribution is 7.99. The van der Waals surface area contributed by atoms with Crippen molar-refractivity contribution in [3.63, 3.8) is 0 Å². The largest absolute Gasteiger partial charge is 0.322 e. The number of hydrogen-bond acceptors (Lipinski definition) is 3. The molecule has 1 amide bonds. The Morgan fingerprint density at radius 2 is 1.76 bits per heavy atom. The summed E-state index contributed by atoms with van der Waals surface area (Å²) in [7, 11) is 0. The van der Waals surface area contributed by atoms with Gasteiger partial charge in [0.25, 0.3) is 5.91 Å². The van der Waals surface area contributed by atoms with E-state index in [-0.39, 0.29) is 0 Å². The van der Waals surface area contributed by atoms with E-state index >= 15 is 0 Å². The molecule has 0 spiro atoms. The van der Waals surface area contributed by atoms with Gasteiger partial charge in [0, 0.05) is 36.8 Å². The minimum absolute atomic E-state index is 0.555. The van der Waals surface area contributed by atoms with E-state index in [9.17, 15) is 13.6 Å². The zero-order valence-corrected chi connectivity index (χ0v) is 14.8. The van der Waals surface area contributed by atoms with Crippen molar-refractivity contribution in [1.29, 1.82) is 0 Å². The fourth-order valence-electron chi connectivity index (χ4n) is 2.89. The molecule has 1 aliphatic rings. The van der Waals surface area contributed by atoms with Gasteiger partial charge in [0.2, 0.25) is 0 Å². The van der Waals surface area contributed by atoms with Gasteiger partial charge in [0.05, 0.1) is 0 Å². The molecular weight excluding hydrogens is 342 g/mol. The fraction of sp³-hybridized carbons (Fsp3) is 0.316. The number of nitrogens with zero attached hydrogens (tertiary/aromatic N) is 1. The van der Waals surface area contributed by atoms with Crippen LogP contribution in [-0.4, -0.2) is 35.4 Å². The highest BCUT2D eigenvalue weighted by atomic mass is 32.2. The lowest BCUT2D eigenvalue weighted by atomic mass is 10.1. The molecule has 0 atom stereocenters. The number of hydrogen-bond donors (Lipinski definition) is 1. The van der Waals surface area contributed by atoms with Crippen LogP contribution in [0.25, 0.3) is 0 Å². The molecule has 1 aliphatic heterocycles. The summed E-state index contributed by atoms with van der Waals surface area (Å²) in [5.41, 5.74) is 2.06. The van der Waals surface area contributed by atoms with Crippen molar-refractivity contribution in [1.82, 2.24) is 4.90 Å². The molecule has 2 aromatic rings. The van der Waals surface area contributed by atoms with Crippen LogP contribution in [0.4, 0.5) is 14.5 Å². The number of carbonyl (C=O) groups excluding carboxylic acids is 1. The predicted octanol–water partition coefficient (Wildman–Crippen LogP) is 4.07. The SMILES string of the molecule is Cc1c(CN2CCSCC2)cccc1NC(=O)c1c(F)cccc1F. The lowest BCUT2D eigenvalue weighted by molar-refractivity contribution is 0.101. The van der Waals surface area contributed by atoms with Gasteiger partial charge < -0.3 is 5.32 Å². The Morgan fingerprint density at radius 3 is 2.44 bits per heavy atom. The van der Waals surface area contributed by atoms with Crippen LogP contribution in [0.2, 0.25) is 0 Å². The normalized spacial score (nSPS) is 15.2. The van der Waals surface area contributed by atoms with Crippen LogP contribution < -0.4 is 5.32 Å². The van der Waals surface area contributed by atoms with Crippen LogP contribution >= 0.6 is 11.8 Å². The summed E-state index contributed by atoms with van der Waals surface area (Å²) >= 11 is 1.96. The summed E-state index contributed by atoms with van der Waals surface area (Å²) in [5.74, 6) is -0.246. The first kappa shape index (κ1) is 17.9. The van der Waals surface area contributed by atoms with E-state index in [4.69, 9.17) is 0 Å². The number of rotatable bonds is 4. The maximum atomic E-state index is 13.8. The van der Waals surface area contributed by atoms with E-state index in [1.165, 1.54) is 6.07 Å². The van der Waals surface area contributed by atoms with Gasteiger partial charge in [-0.1, -0.05) is 18.2 Å². The molecule has 0 unspecified atom stereocenters. The van der Waals surface area contributed by atoms with Crippen molar-refractivity contribution < 1.29 is 13.6 Å². The standard InChI is InChI=1S/C19H20F2N2OS/c1-13-14(12-23-8-10-25-11-9-23)4-2-7-17(13)22-19(24)18-15(20)5-3-6-16(18)21/h2-7H,8-12H2,1H3,(H,22,24). The second kappa shape index (κ2) is 7.97. The summed E-state index contributed by atoms with van der Waals surface area (Å²) in [6.45, 7) is 4.81. The topological polar surface area (TPSA) is 32.3 Å². The third kappa shape index (κ3) is 4.19. The molecule has 0 bridgehead atoms. The first-order chi connectivity index (χ1) is 12.1. The Balaban J connectivity index is 1.78. The quantitative estimate of drug-likeness (QED) is 0.890. The van der Waals surface area contributed by atoms with Crippen molar-refractivity contribution >= 4 is 23.4 Å². The first-order valence-corrected chi connectivity index (χ1v) is 9.35. The molecule has 0 saturated carbocycles. The average molecular weight is 362 g/mol. The van der Waals surface area contributed by atoms with Crippen molar-refractivity contribution in [2.45, 2.75) is 13.5 Å². The molecule has 1 saturated heterocycles. The van der Waals surface area contributed by atoms with Crippen LogP contribution in [-0.2, 0) is 6.54 Å². The summed E-state index contributed by atoms with van der Waals surface area (Å²) in [4.78, 5) is 14.7. The maximum Gasteiger partial charge on any atom is 0.261 e. The van der Waals surface area contributed by atoms with Crippen LogP contribution in [0.15, 0.2) is 36.4 Å². The summed E-state index contributed by atoms with van der Waals surface area (Å²) in [5, 5.41) is 2.64. The van der Waals surface area contributed by atoms with E-state index in [0.717, 1.165) is 54.4 Å². The molecule has 25 heavy (non-hydrogen) atoms. The Labute approximate surface area is 150 Å². The van der Waals surface area contributed by atoms with E-state index in [1.807, 2.05) is 30.8 Å². The highest BCUT2D eigenvalue weighted by Gasteiger charge is 2.19. The molecule has 6 heteroatoms. The Kier molecular flexibility index (Phi) is 5.71. The highest BCUT2D eigenvalue weighted by Crippen LogP contribution is 2.23. The van der Waals surface area contributed by atoms with Gasteiger partial charge in [-0.05, 0) is 36.2 Å². The molecule has 1 fully saturated rings. The van der Waals surface area contributed by atoms with Crippen molar-refractivity contribution in [2.75, 3.05) is 29.9 Å². The molecule has 0 aliphatic carbocycles. The molecule has 3 rings (SSSR count). The number of amides is 1. The van der Waals surface area contributed by atoms with E-state index in [1.54, 1.807) is 6.07 Å². The monoisotopic (exact) mass is 362 g/mol. The Hall–Kier alpha value is -1.92. The van der Waals surface area contributed by atoms with E-state index < -0.39 is 23.1 Å². The average Bonchev–Trinajstić information content (AvgIpc) is 2.59. The van der Waals surface area contributed by atoms with Crippen LogP contribution in [0.3, 0.4) is 0 Å². The Morgan fingerprint density at radius 1 is 1.12 bits per heavy atom. The number of carbonyl (C=O) groups is 1. The number of anilines is 1. The summed E-state index contributed by atoms with van der Waals surface area (Å²) in [6, 6.07) is 9.03. The van der Waals surface area contributed by atoms with Gasteiger partial charge in [0.15, 0.2) is 0 Å². The summed E-state index contributed by atoms with van der Waals surface area (Å²) in [6.07, 6.45) is 0. The molecule has 0 aromatic heterocycles. The molecule has 132 valence electrons. The van der Waals surface area contributed by atoms with E-state index in [2.05, 4.69) is 10.2 Å². The third-order valence-electron chi connectivity index (χ3n) is 4.38. The second-order valence-corrected chi connectivity index (χ2v) is 7.25. The smallest absolute Gasteiger partial charge is 0.261 e.